The molecule has 0 N–H and O–H groups in total. The Morgan fingerprint density at radius 2 is 1.44 bits per heavy atom. The fourth-order valence-electron chi connectivity index (χ4n) is 5.54. The van der Waals surface area contributed by atoms with E-state index in [-0.39, 0.29) is 36.8 Å². The molecule has 0 aromatic heterocycles. The summed E-state index contributed by atoms with van der Waals surface area (Å²) in [5.74, 6) is -0.868. The minimum atomic E-state index is -0.464. The van der Waals surface area contributed by atoms with Gasteiger partial charge in [-0.2, -0.15) is 0 Å². The number of fused-ring (bicyclic) bond motifs is 1. The summed E-state index contributed by atoms with van der Waals surface area (Å²) in [4.78, 5) is 0. The summed E-state index contributed by atoms with van der Waals surface area (Å²) in [6.45, 7) is 4.68. The van der Waals surface area contributed by atoms with Crippen LogP contribution in [0.3, 0.4) is 0 Å². The summed E-state index contributed by atoms with van der Waals surface area (Å²) in [5.41, 5.74) is 0. The van der Waals surface area contributed by atoms with Gasteiger partial charge in [0.25, 0.3) is 0 Å². The average molecular weight is 382 g/mol. The van der Waals surface area contributed by atoms with Crippen molar-refractivity contribution in [3.63, 3.8) is 0 Å². The van der Waals surface area contributed by atoms with E-state index in [1.807, 2.05) is 0 Å². The van der Waals surface area contributed by atoms with Gasteiger partial charge in [0.2, 0.25) is 0 Å². The molecule has 2 saturated carbocycles. The number of rotatable bonds is 3. The van der Waals surface area contributed by atoms with Gasteiger partial charge in [0.05, 0.1) is 12.7 Å². The molecular weight excluding hydrogens is 348 g/mol. The summed E-state index contributed by atoms with van der Waals surface area (Å²) >= 11 is 0. The van der Waals surface area contributed by atoms with Crippen LogP contribution in [0.4, 0.5) is 0 Å². The van der Waals surface area contributed by atoms with Gasteiger partial charge < -0.3 is 28.4 Å². The number of hydrogen-bond donors (Lipinski definition) is 0. The lowest BCUT2D eigenvalue weighted by molar-refractivity contribution is -0.264. The van der Waals surface area contributed by atoms with Crippen molar-refractivity contribution >= 4 is 0 Å². The summed E-state index contributed by atoms with van der Waals surface area (Å²) < 4.78 is 38.1. The van der Waals surface area contributed by atoms with Crippen LogP contribution < -0.4 is 0 Å². The molecule has 0 bridgehead atoms. The van der Waals surface area contributed by atoms with Gasteiger partial charge in [-0.3, -0.25) is 0 Å². The zero-order chi connectivity index (χ0) is 18.5. The van der Waals surface area contributed by atoms with E-state index >= 15 is 0 Å². The Hall–Kier alpha value is -0.240. The Morgan fingerprint density at radius 3 is 2.11 bits per heavy atom. The maximum atomic E-state index is 6.49. The van der Waals surface area contributed by atoms with E-state index in [9.17, 15) is 0 Å². The van der Waals surface area contributed by atoms with Crippen LogP contribution in [0.5, 0.6) is 0 Å². The van der Waals surface area contributed by atoms with Crippen LogP contribution in [0.25, 0.3) is 0 Å². The van der Waals surface area contributed by atoms with E-state index in [2.05, 4.69) is 13.8 Å². The maximum absolute atomic E-state index is 6.49. The minimum absolute atomic E-state index is 0.0947. The van der Waals surface area contributed by atoms with E-state index in [0.29, 0.717) is 6.61 Å². The lowest BCUT2D eigenvalue weighted by atomic mass is 9.94. The molecule has 3 heterocycles. The van der Waals surface area contributed by atoms with Crippen molar-refractivity contribution in [3.05, 3.63) is 0 Å². The molecule has 3 saturated heterocycles. The van der Waals surface area contributed by atoms with Crippen molar-refractivity contribution in [2.24, 2.45) is 0 Å². The second-order valence-electron chi connectivity index (χ2n) is 9.23. The van der Waals surface area contributed by atoms with Crippen LogP contribution in [0, 0.1) is 0 Å². The fourth-order valence-corrected chi connectivity index (χ4v) is 5.54. The molecule has 0 amide bonds. The molecule has 0 aromatic rings. The SMILES string of the molecule is CC(C)O[C@@H]1[C@H]2OC3(CCCCC3)O[C@H]2O[C@@H]1[C@H]1COC2(CCCCC2)O1. The fraction of sp³-hybridized carbons (Fsp3) is 1.00. The zero-order valence-electron chi connectivity index (χ0n) is 16.7. The van der Waals surface area contributed by atoms with Crippen LogP contribution in [0.15, 0.2) is 0 Å². The van der Waals surface area contributed by atoms with Crippen LogP contribution >= 0.6 is 0 Å². The van der Waals surface area contributed by atoms with E-state index in [1.165, 1.54) is 25.7 Å². The Labute approximate surface area is 162 Å². The van der Waals surface area contributed by atoms with Crippen molar-refractivity contribution in [2.45, 2.75) is 126 Å². The van der Waals surface area contributed by atoms with Crippen LogP contribution in [-0.2, 0) is 28.4 Å². The quantitative estimate of drug-likeness (QED) is 0.743. The van der Waals surface area contributed by atoms with Crippen molar-refractivity contribution in [3.8, 4) is 0 Å². The topological polar surface area (TPSA) is 55.4 Å². The third-order valence-corrected chi connectivity index (χ3v) is 6.79. The maximum Gasteiger partial charge on any atom is 0.190 e. The molecule has 154 valence electrons. The lowest BCUT2D eigenvalue weighted by Crippen LogP contribution is -2.46. The largest absolute Gasteiger partial charge is 0.370 e. The molecule has 27 heavy (non-hydrogen) atoms. The minimum Gasteiger partial charge on any atom is -0.370 e. The van der Waals surface area contributed by atoms with Crippen molar-refractivity contribution in [1.29, 1.82) is 0 Å². The highest BCUT2D eigenvalue weighted by atomic mass is 16.9. The highest BCUT2D eigenvalue weighted by molar-refractivity contribution is 5.01. The lowest BCUT2D eigenvalue weighted by Gasteiger charge is -2.36. The zero-order valence-corrected chi connectivity index (χ0v) is 16.7. The molecule has 5 fully saturated rings. The van der Waals surface area contributed by atoms with Crippen LogP contribution in [0.2, 0.25) is 0 Å². The summed E-state index contributed by atoms with van der Waals surface area (Å²) in [7, 11) is 0. The smallest absolute Gasteiger partial charge is 0.190 e. The van der Waals surface area contributed by atoms with Gasteiger partial charge in [0.1, 0.15) is 24.4 Å². The molecule has 6 heteroatoms. The van der Waals surface area contributed by atoms with E-state index in [1.54, 1.807) is 0 Å². The molecule has 5 atom stereocenters. The first kappa shape index (κ1) is 18.8. The van der Waals surface area contributed by atoms with Crippen LogP contribution in [-0.4, -0.2) is 55.0 Å². The third kappa shape index (κ3) is 3.47. The average Bonchev–Trinajstić information content (AvgIpc) is 3.29. The monoisotopic (exact) mass is 382 g/mol. The molecule has 2 aliphatic carbocycles. The van der Waals surface area contributed by atoms with Gasteiger partial charge in [-0.25, -0.2) is 0 Å². The Balaban J connectivity index is 1.30. The highest BCUT2D eigenvalue weighted by Gasteiger charge is 2.61. The highest BCUT2D eigenvalue weighted by Crippen LogP contribution is 2.48. The summed E-state index contributed by atoms with van der Waals surface area (Å²) in [5, 5.41) is 0. The normalized spacial score (nSPS) is 43.0. The first-order chi connectivity index (χ1) is 13.1. The Morgan fingerprint density at radius 1 is 0.778 bits per heavy atom. The predicted molar refractivity (Wildman–Crippen MR) is 97.1 cm³/mol. The Bertz CT molecular complexity index is 525. The first-order valence-electron chi connectivity index (χ1n) is 11.1. The number of ether oxygens (including phenoxy) is 6. The predicted octanol–water partition coefficient (Wildman–Crippen LogP) is 3.66. The van der Waals surface area contributed by atoms with Crippen molar-refractivity contribution in [2.75, 3.05) is 6.61 Å². The van der Waals surface area contributed by atoms with Gasteiger partial charge in [-0.05, 0) is 39.5 Å². The number of hydrogen-bond acceptors (Lipinski definition) is 6. The van der Waals surface area contributed by atoms with Gasteiger partial charge in [0, 0.05) is 25.7 Å². The first-order valence-corrected chi connectivity index (χ1v) is 11.1. The van der Waals surface area contributed by atoms with Crippen molar-refractivity contribution in [1.82, 2.24) is 0 Å². The molecule has 3 aliphatic heterocycles. The summed E-state index contributed by atoms with van der Waals surface area (Å²) in [6, 6.07) is 0. The van der Waals surface area contributed by atoms with E-state index in [4.69, 9.17) is 28.4 Å². The Kier molecular flexibility index (Phi) is 5.02. The molecule has 0 unspecified atom stereocenters. The van der Waals surface area contributed by atoms with Gasteiger partial charge in [-0.15, -0.1) is 0 Å². The van der Waals surface area contributed by atoms with Gasteiger partial charge in [-0.1, -0.05) is 12.8 Å². The van der Waals surface area contributed by atoms with Gasteiger partial charge >= 0.3 is 0 Å². The molecule has 0 aromatic carbocycles. The molecule has 2 spiro atoms. The third-order valence-electron chi connectivity index (χ3n) is 6.79. The van der Waals surface area contributed by atoms with Crippen LogP contribution in [0.1, 0.15) is 78.1 Å². The van der Waals surface area contributed by atoms with Crippen molar-refractivity contribution < 1.29 is 28.4 Å². The van der Waals surface area contributed by atoms with E-state index in [0.717, 1.165) is 38.5 Å². The molecule has 5 rings (SSSR count). The van der Waals surface area contributed by atoms with Gasteiger partial charge in [0.15, 0.2) is 17.9 Å². The standard InChI is InChI=1S/C21H34O6/c1-14(2)23-17-16(15-13-22-20(25-15)9-5-3-6-10-20)24-19-18(17)26-21(27-19)11-7-4-8-12-21/h14-19H,3-13H2,1-2H3/t15-,16-,17+,18-,19-/m1/s1. The molecule has 6 nitrogen and oxygen atoms in total. The molecule has 5 aliphatic rings. The van der Waals surface area contributed by atoms with E-state index < -0.39 is 11.6 Å². The molecule has 0 radical (unpaired) electrons. The second kappa shape index (κ2) is 7.22. The summed E-state index contributed by atoms with van der Waals surface area (Å²) in [6.07, 6.45) is 10.1. The molecular formula is C21H34O6. The second-order valence-corrected chi connectivity index (χ2v) is 9.23.